The summed E-state index contributed by atoms with van der Waals surface area (Å²) >= 11 is 3.40. The van der Waals surface area contributed by atoms with Crippen molar-refractivity contribution >= 4 is 26.8 Å². The van der Waals surface area contributed by atoms with Crippen LogP contribution in [0.25, 0.3) is 10.9 Å². The Bertz CT molecular complexity index is 370. The minimum Gasteiger partial charge on any atom is -0.397 e. The molecule has 0 radical (unpaired) electrons. The predicted molar refractivity (Wildman–Crippen MR) is 58.8 cm³/mol. The molecule has 2 aromatic rings. The summed E-state index contributed by atoms with van der Waals surface area (Å²) in [6.07, 6.45) is 1.94. The molecule has 1 aromatic heterocycles. The third kappa shape index (κ3) is 2.86. The van der Waals surface area contributed by atoms with Gasteiger partial charge in [0.25, 0.3) is 0 Å². The number of halogens is 1. The smallest absolute Gasteiger partial charge is 0.0454 e. The van der Waals surface area contributed by atoms with E-state index in [1.807, 2.05) is 12.3 Å². The highest BCUT2D eigenvalue weighted by Crippen LogP contribution is 2.17. The molecule has 13 heavy (non-hydrogen) atoms. The molecule has 0 aliphatic heterocycles. The molecule has 2 nitrogen and oxygen atoms in total. The van der Waals surface area contributed by atoms with Gasteiger partial charge in [0.15, 0.2) is 0 Å². The monoisotopic (exact) mass is 241 g/mol. The van der Waals surface area contributed by atoms with Gasteiger partial charge in [-0.2, -0.15) is 0 Å². The number of rotatable bonds is 0. The van der Waals surface area contributed by atoms with Crippen LogP contribution in [0.1, 0.15) is 6.92 Å². The SMILES string of the molecule is Brc1ccc2[nH]ccc2c1.CCO. The van der Waals surface area contributed by atoms with Gasteiger partial charge in [0.1, 0.15) is 0 Å². The molecule has 0 fully saturated rings. The maximum Gasteiger partial charge on any atom is 0.0454 e. The molecular weight excluding hydrogens is 230 g/mol. The van der Waals surface area contributed by atoms with Gasteiger partial charge in [-0.15, -0.1) is 0 Å². The van der Waals surface area contributed by atoms with E-state index >= 15 is 0 Å². The van der Waals surface area contributed by atoms with Gasteiger partial charge in [-0.1, -0.05) is 15.9 Å². The van der Waals surface area contributed by atoms with Crippen molar-refractivity contribution in [2.75, 3.05) is 6.61 Å². The number of nitrogens with one attached hydrogen (secondary N) is 1. The number of benzene rings is 1. The van der Waals surface area contributed by atoms with Gasteiger partial charge in [0, 0.05) is 28.2 Å². The summed E-state index contributed by atoms with van der Waals surface area (Å²) in [4.78, 5) is 3.13. The molecule has 1 aromatic carbocycles. The van der Waals surface area contributed by atoms with Crippen LogP contribution in [0.15, 0.2) is 34.9 Å². The normalized spacial score (nSPS) is 9.46. The summed E-state index contributed by atoms with van der Waals surface area (Å²) in [5, 5.41) is 8.81. The van der Waals surface area contributed by atoms with E-state index in [0.717, 1.165) is 4.47 Å². The first kappa shape index (κ1) is 10.3. The van der Waals surface area contributed by atoms with Crippen LogP contribution in [-0.2, 0) is 0 Å². The lowest BCUT2D eigenvalue weighted by atomic mass is 10.3. The van der Waals surface area contributed by atoms with Gasteiger partial charge in [0.05, 0.1) is 0 Å². The number of aromatic nitrogens is 1. The van der Waals surface area contributed by atoms with Crippen LogP contribution in [0.3, 0.4) is 0 Å². The first-order chi connectivity index (χ1) is 6.27. The third-order valence-corrected chi connectivity index (χ3v) is 2.01. The molecule has 0 aliphatic rings. The molecule has 0 saturated carbocycles. The Morgan fingerprint density at radius 1 is 1.38 bits per heavy atom. The lowest BCUT2D eigenvalue weighted by Gasteiger charge is -1.88. The fourth-order valence-corrected chi connectivity index (χ4v) is 1.40. The van der Waals surface area contributed by atoms with Crippen molar-refractivity contribution in [2.24, 2.45) is 0 Å². The minimum atomic E-state index is 0.250. The highest BCUT2D eigenvalue weighted by Gasteiger charge is 1.92. The van der Waals surface area contributed by atoms with Crippen LogP contribution < -0.4 is 0 Å². The molecule has 1 heterocycles. The van der Waals surface area contributed by atoms with Crippen LogP contribution in [0.2, 0.25) is 0 Å². The van der Waals surface area contributed by atoms with Crippen LogP contribution in [0.4, 0.5) is 0 Å². The molecule has 2 rings (SSSR count). The molecule has 0 saturated heterocycles. The third-order valence-electron chi connectivity index (χ3n) is 1.52. The average Bonchev–Trinajstić information content (AvgIpc) is 2.52. The quantitative estimate of drug-likeness (QED) is 0.732. The van der Waals surface area contributed by atoms with E-state index in [1.54, 1.807) is 6.92 Å². The Labute approximate surface area is 85.7 Å². The van der Waals surface area contributed by atoms with Gasteiger partial charge in [-0.05, 0) is 31.2 Å². The average molecular weight is 242 g/mol. The number of aliphatic hydroxyl groups excluding tert-OH is 1. The van der Waals surface area contributed by atoms with Crippen LogP contribution >= 0.6 is 15.9 Å². The Balaban J connectivity index is 0.000000251. The number of H-pyrrole nitrogens is 1. The first-order valence-corrected chi connectivity index (χ1v) is 4.90. The summed E-state index contributed by atoms with van der Waals surface area (Å²) < 4.78 is 1.12. The van der Waals surface area contributed by atoms with Gasteiger partial charge < -0.3 is 10.1 Å². The molecule has 0 amide bonds. The molecule has 0 atom stereocenters. The lowest BCUT2D eigenvalue weighted by molar-refractivity contribution is 0.318. The number of hydrogen-bond acceptors (Lipinski definition) is 1. The van der Waals surface area contributed by atoms with Crippen LogP contribution in [-0.4, -0.2) is 16.7 Å². The number of fused-ring (bicyclic) bond motifs is 1. The van der Waals surface area contributed by atoms with E-state index in [2.05, 4.69) is 39.1 Å². The molecule has 3 heteroatoms. The zero-order valence-electron chi connectivity index (χ0n) is 7.42. The molecule has 0 aliphatic carbocycles. The maximum absolute atomic E-state index is 7.57. The zero-order chi connectivity index (χ0) is 9.68. The summed E-state index contributed by atoms with van der Waals surface area (Å²) in [7, 11) is 0. The summed E-state index contributed by atoms with van der Waals surface area (Å²) in [5.41, 5.74) is 1.18. The largest absolute Gasteiger partial charge is 0.397 e. The molecular formula is C10H12BrNO. The van der Waals surface area contributed by atoms with Crippen molar-refractivity contribution in [3.8, 4) is 0 Å². The van der Waals surface area contributed by atoms with E-state index < -0.39 is 0 Å². The Kier molecular flexibility index (Phi) is 3.99. The number of aliphatic hydroxyl groups is 1. The Morgan fingerprint density at radius 3 is 2.77 bits per heavy atom. The number of aromatic amines is 1. The van der Waals surface area contributed by atoms with E-state index in [4.69, 9.17) is 5.11 Å². The molecule has 0 spiro atoms. The topological polar surface area (TPSA) is 36.0 Å². The second kappa shape index (κ2) is 5.04. The van der Waals surface area contributed by atoms with Gasteiger partial charge in [0.2, 0.25) is 0 Å². The van der Waals surface area contributed by atoms with E-state index in [9.17, 15) is 0 Å². The van der Waals surface area contributed by atoms with E-state index in [-0.39, 0.29) is 6.61 Å². The summed E-state index contributed by atoms with van der Waals surface area (Å²) in [5.74, 6) is 0. The standard InChI is InChI=1S/C8H6BrN.C2H6O/c9-7-1-2-8-6(5-7)3-4-10-8;1-2-3/h1-5,10H;3H,2H2,1H3. The van der Waals surface area contributed by atoms with Crippen LogP contribution in [0.5, 0.6) is 0 Å². The van der Waals surface area contributed by atoms with Crippen molar-refractivity contribution in [2.45, 2.75) is 6.92 Å². The van der Waals surface area contributed by atoms with Gasteiger partial charge >= 0.3 is 0 Å². The zero-order valence-corrected chi connectivity index (χ0v) is 9.01. The van der Waals surface area contributed by atoms with Crippen molar-refractivity contribution < 1.29 is 5.11 Å². The van der Waals surface area contributed by atoms with Gasteiger partial charge in [-0.25, -0.2) is 0 Å². The van der Waals surface area contributed by atoms with Crippen molar-refractivity contribution in [3.05, 3.63) is 34.9 Å². The van der Waals surface area contributed by atoms with Crippen LogP contribution in [0, 0.1) is 0 Å². The fourth-order valence-electron chi connectivity index (χ4n) is 1.02. The second-order valence-corrected chi connectivity index (χ2v) is 3.44. The first-order valence-electron chi connectivity index (χ1n) is 4.11. The van der Waals surface area contributed by atoms with Crippen molar-refractivity contribution in [1.29, 1.82) is 0 Å². The minimum absolute atomic E-state index is 0.250. The van der Waals surface area contributed by atoms with E-state index in [0.29, 0.717) is 0 Å². The second-order valence-electron chi connectivity index (χ2n) is 2.53. The highest BCUT2D eigenvalue weighted by atomic mass is 79.9. The fraction of sp³-hybridized carbons (Fsp3) is 0.200. The maximum atomic E-state index is 7.57. The van der Waals surface area contributed by atoms with Gasteiger partial charge in [-0.3, -0.25) is 0 Å². The number of hydrogen-bond donors (Lipinski definition) is 2. The molecule has 0 unspecified atom stereocenters. The summed E-state index contributed by atoms with van der Waals surface area (Å²) in [6.45, 7) is 1.93. The lowest BCUT2D eigenvalue weighted by Crippen LogP contribution is -1.65. The Hall–Kier alpha value is -0.800. The van der Waals surface area contributed by atoms with Crippen molar-refractivity contribution in [3.63, 3.8) is 0 Å². The Morgan fingerprint density at radius 2 is 2.08 bits per heavy atom. The summed E-state index contributed by atoms with van der Waals surface area (Å²) in [6, 6.07) is 8.23. The predicted octanol–water partition coefficient (Wildman–Crippen LogP) is 2.93. The molecule has 0 bridgehead atoms. The van der Waals surface area contributed by atoms with Crippen molar-refractivity contribution in [1.82, 2.24) is 4.98 Å². The highest BCUT2D eigenvalue weighted by molar-refractivity contribution is 9.10. The molecule has 2 N–H and O–H groups in total. The molecule has 70 valence electrons. The van der Waals surface area contributed by atoms with E-state index in [1.165, 1.54) is 10.9 Å².